The Bertz CT molecular complexity index is 587. The topological polar surface area (TPSA) is 75.1 Å². The Morgan fingerprint density at radius 3 is 2.50 bits per heavy atom. The minimum Gasteiger partial charge on any atom is -0.476 e. The number of rotatable bonds is 3. The summed E-state index contributed by atoms with van der Waals surface area (Å²) in [6.45, 7) is 0. The van der Waals surface area contributed by atoms with Gasteiger partial charge in [-0.1, -0.05) is 23.2 Å². The highest BCUT2D eigenvalue weighted by Crippen LogP contribution is 2.26. The number of nitrogens with zero attached hydrogens (tertiary/aromatic N) is 2. The maximum Gasteiger partial charge on any atom is 0.356 e. The van der Waals surface area contributed by atoms with Crippen molar-refractivity contribution in [2.45, 2.75) is 0 Å². The summed E-state index contributed by atoms with van der Waals surface area (Å²) < 4.78 is 0. The average molecular weight is 284 g/mol. The van der Waals surface area contributed by atoms with Crippen molar-refractivity contribution in [2.24, 2.45) is 0 Å². The summed E-state index contributed by atoms with van der Waals surface area (Å²) in [5.74, 6) is -0.707. The van der Waals surface area contributed by atoms with E-state index in [9.17, 15) is 4.79 Å². The maximum atomic E-state index is 10.6. The Hall–Kier alpha value is -1.85. The van der Waals surface area contributed by atoms with Gasteiger partial charge < -0.3 is 10.4 Å². The Labute approximate surface area is 112 Å². The van der Waals surface area contributed by atoms with Crippen LogP contribution < -0.4 is 5.32 Å². The van der Waals surface area contributed by atoms with Crippen molar-refractivity contribution in [1.29, 1.82) is 0 Å². The highest BCUT2D eigenvalue weighted by Gasteiger charge is 2.05. The molecule has 0 saturated heterocycles. The van der Waals surface area contributed by atoms with Gasteiger partial charge in [0, 0.05) is 5.69 Å². The van der Waals surface area contributed by atoms with Gasteiger partial charge in [-0.25, -0.2) is 14.8 Å². The smallest absolute Gasteiger partial charge is 0.356 e. The molecule has 0 aliphatic rings. The minimum absolute atomic E-state index is 0.116. The van der Waals surface area contributed by atoms with Gasteiger partial charge >= 0.3 is 5.97 Å². The van der Waals surface area contributed by atoms with Gasteiger partial charge in [0.25, 0.3) is 0 Å². The highest BCUT2D eigenvalue weighted by molar-refractivity contribution is 6.42. The van der Waals surface area contributed by atoms with Gasteiger partial charge in [-0.05, 0) is 18.2 Å². The van der Waals surface area contributed by atoms with Crippen molar-refractivity contribution < 1.29 is 9.90 Å². The summed E-state index contributed by atoms with van der Waals surface area (Å²) in [4.78, 5) is 18.2. The summed E-state index contributed by atoms with van der Waals surface area (Å²) in [7, 11) is 0. The van der Waals surface area contributed by atoms with Crippen molar-refractivity contribution >= 4 is 40.7 Å². The highest BCUT2D eigenvalue weighted by atomic mass is 35.5. The molecule has 0 aliphatic heterocycles. The molecule has 0 radical (unpaired) electrons. The van der Waals surface area contributed by atoms with Crippen LogP contribution in [0, 0.1) is 0 Å². The summed E-state index contributed by atoms with van der Waals surface area (Å²) in [5, 5.41) is 12.5. The van der Waals surface area contributed by atoms with Gasteiger partial charge in [0.1, 0.15) is 5.82 Å². The van der Waals surface area contributed by atoms with Gasteiger partial charge in [-0.2, -0.15) is 0 Å². The number of nitrogens with one attached hydrogen (secondary N) is 1. The number of hydrogen-bond donors (Lipinski definition) is 2. The second-order valence-electron chi connectivity index (χ2n) is 3.35. The van der Waals surface area contributed by atoms with Crippen molar-refractivity contribution in [3.63, 3.8) is 0 Å². The molecule has 0 atom stereocenters. The lowest BCUT2D eigenvalue weighted by Crippen LogP contribution is -2.02. The summed E-state index contributed by atoms with van der Waals surface area (Å²) in [6, 6.07) is 5.00. The largest absolute Gasteiger partial charge is 0.476 e. The molecule has 7 heteroatoms. The van der Waals surface area contributed by atoms with Gasteiger partial charge in [-0.3, -0.25) is 0 Å². The number of carboxylic acid groups (broad SMARTS) is 1. The standard InChI is InChI=1S/C11H7Cl2N3O2/c12-7-2-1-6(3-8(7)13)16-10-5-14-9(4-15-10)11(17)18/h1-5H,(H,15,16)(H,17,18). The number of anilines is 2. The second-order valence-corrected chi connectivity index (χ2v) is 4.16. The van der Waals surface area contributed by atoms with Crippen molar-refractivity contribution in [3.05, 3.63) is 46.3 Å². The zero-order valence-corrected chi connectivity index (χ0v) is 10.4. The molecule has 0 unspecified atom stereocenters. The van der Waals surface area contributed by atoms with Crippen LogP contribution in [0.5, 0.6) is 0 Å². The average Bonchev–Trinajstić information content (AvgIpc) is 2.34. The van der Waals surface area contributed by atoms with Crippen molar-refractivity contribution in [2.75, 3.05) is 5.32 Å². The van der Waals surface area contributed by atoms with Gasteiger partial charge in [0.05, 0.1) is 22.4 Å². The first-order chi connectivity index (χ1) is 8.56. The molecule has 0 saturated carbocycles. The number of aromatic nitrogens is 2. The van der Waals surface area contributed by atoms with Crippen LogP contribution in [0.4, 0.5) is 11.5 Å². The fraction of sp³-hybridized carbons (Fsp3) is 0. The molecular formula is C11H7Cl2N3O2. The van der Waals surface area contributed by atoms with Crippen LogP contribution in [0.1, 0.15) is 10.5 Å². The fourth-order valence-corrected chi connectivity index (χ4v) is 1.52. The first kappa shape index (κ1) is 12.6. The van der Waals surface area contributed by atoms with E-state index in [0.29, 0.717) is 21.6 Å². The summed E-state index contributed by atoms with van der Waals surface area (Å²) in [6.07, 6.45) is 2.49. The van der Waals surface area contributed by atoms with E-state index < -0.39 is 5.97 Å². The maximum absolute atomic E-state index is 10.6. The molecule has 0 bridgehead atoms. The fourth-order valence-electron chi connectivity index (χ4n) is 1.22. The first-order valence-electron chi connectivity index (χ1n) is 4.83. The van der Waals surface area contributed by atoms with Crippen LogP contribution in [-0.2, 0) is 0 Å². The predicted octanol–water partition coefficient (Wildman–Crippen LogP) is 3.23. The van der Waals surface area contributed by atoms with Crippen LogP contribution in [0.2, 0.25) is 10.0 Å². The molecule has 0 spiro atoms. The lowest BCUT2D eigenvalue weighted by atomic mass is 10.3. The number of benzene rings is 1. The number of hydrogen-bond acceptors (Lipinski definition) is 4. The second kappa shape index (κ2) is 5.20. The van der Waals surface area contributed by atoms with Crippen molar-refractivity contribution in [1.82, 2.24) is 9.97 Å². The first-order valence-corrected chi connectivity index (χ1v) is 5.59. The van der Waals surface area contributed by atoms with Gasteiger partial charge in [0.2, 0.25) is 0 Å². The Balaban J connectivity index is 2.18. The Morgan fingerprint density at radius 2 is 1.94 bits per heavy atom. The third kappa shape index (κ3) is 2.88. The number of carboxylic acids is 1. The normalized spacial score (nSPS) is 10.1. The van der Waals surface area contributed by atoms with E-state index in [1.807, 2.05) is 0 Å². The predicted molar refractivity (Wildman–Crippen MR) is 68.7 cm³/mol. The molecule has 0 fully saturated rings. The van der Waals surface area contributed by atoms with Crippen LogP contribution >= 0.6 is 23.2 Å². The molecular weight excluding hydrogens is 277 g/mol. The van der Waals surface area contributed by atoms with Gasteiger partial charge in [-0.15, -0.1) is 0 Å². The van der Waals surface area contributed by atoms with Gasteiger partial charge in [0.15, 0.2) is 5.69 Å². The lowest BCUT2D eigenvalue weighted by Gasteiger charge is -2.06. The quantitative estimate of drug-likeness (QED) is 0.905. The van der Waals surface area contributed by atoms with Crippen LogP contribution in [0.3, 0.4) is 0 Å². The van der Waals surface area contributed by atoms with E-state index in [1.54, 1.807) is 18.2 Å². The molecule has 1 aromatic carbocycles. The lowest BCUT2D eigenvalue weighted by molar-refractivity contribution is 0.0690. The number of carbonyl (C=O) groups is 1. The van der Waals surface area contributed by atoms with Crippen LogP contribution in [0.15, 0.2) is 30.6 Å². The molecule has 2 N–H and O–H groups in total. The summed E-state index contributed by atoms with van der Waals surface area (Å²) in [5.41, 5.74) is 0.566. The zero-order valence-electron chi connectivity index (χ0n) is 8.89. The Morgan fingerprint density at radius 1 is 1.17 bits per heavy atom. The zero-order chi connectivity index (χ0) is 13.1. The molecule has 2 aromatic rings. The molecule has 5 nitrogen and oxygen atoms in total. The molecule has 92 valence electrons. The van der Waals surface area contributed by atoms with E-state index in [1.165, 1.54) is 12.4 Å². The minimum atomic E-state index is -1.12. The molecule has 1 aromatic heterocycles. The number of aromatic carboxylic acids is 1. The van der Waals surface area contributed by atoms with E-state index in [4.69, 9.17) is 28.3 Å². The van der Waals surface area contributed by atoms with E-state index in [-0.39, 0.29) is 5.69 Å². The number of halogens is 2. The molecule has 18 heavy (non-hydrogen) atoms. The van der Waals surface area contributed by atoms with E-state index >= 15 is 0 Å². The summed E-state index contributed by atoms with van der Waals surface area (Å²) >= 11 is 11.6. The molecule has 1 heterocycles. The SMILES string of the molecule is O=C(O)c1cnc(Nc2ccc(Cl)c(Cl)c2)cn1. The molecule has 2 rings (SSSR count). The molecule has 0 amide bonds. The van der Waals surface area contributed by atoms with Crippen LogP contribution in [-0.4, -0.2) is 21.0 Å². The monoisotopic (exact) mass is 283 g/mol. The van der Waals surface area contributed by atoms with Crippen LogP contribution in [0.25, 0.3) is 0 Å². The molecule has 0 aliphatic carbocycles. The van der Waals surface area contributed by atoms with E-state index in [2.05, 4.69) is 15.3 Å². The van der Waals surface area contributed by atoms with Crippen molar-refractivity contribution in [3.8, 4) is 0 Å². The Kier molecular flexibility index (Phi) is 3.64. The third-order valence-electron chi connectivity index (χ3n) is 2.06. The third-order valence-corrected chi connectivity index (χ3v) is 2.80. The van der Waals surface area contributed by atoms with E-state index in [0.717, 1.165) is 0 Å².